The van der Waals surface area contributed by atoms with Crippen LogP contribution in [0.4, 0.5) is 0 Å². The number of aromatic nitrogens is 2. The molecule has 1 amide bonds. The summed E-state index contributed by atoms with van der Waals surface area (Å²) in [6, 6.07) is 16.5. The molecule has 3 aromatic rings. The van der Waals surface area contributed by atoms with Gasteiger partial charge < -0.3 is 4.84 Å². The van der Waals surface area contributed by atoms with Gasteiger partial charge in [-0.25, -0.2) is 4.98 Å². The molecular weight excluding hydrogens is 332 g/mol. The van der Waals surface area contributed by atoms with Crippen molar-refractivity contribution in [2.45, 2.75) is 20.5 Å². The van der Waals surface area contributed by atoms with Crippen molar-refractivity contribution in [1.29, 1.82) is 0 Å². The van der Waals surface area contributed by atoms with Gasteiger partial charge in [0.15, 0.2) is 12.4 Å². The average molecular weight is 350 g/mol. The van der Waals surface area contributed by atoms with Gasteiger partial charge in [0.1, 0.15) is 0 Å². The Kier molecular flexibility index (Phi) is 5.07. The lowest BCUT2D eigenvalue weighted by atomic mass is 10.1. The molecule has 0 unspecified atom stereocenters. The fourth-order valence-electron chi connectivity index (χ4n) is 2.47. The van der Waals surface area contributed by atoms with Crippen molar-refractivity contribution >= 4 is 22.5 Å². The zero-order valence-electron chi connectivity index (χ0n) is 14.5. The second-order valence-electron chi connectivity index (χ2n) is 5.67. The van der Waals surface area contributed by atoms with Crippen LogP contribution in [-0.4, -0.2) is 21.3 Å². The van der Waals surface area contributed by atoms with Crippen molar-refractivity contribution in [3.8, 4) is 0 Å². The number of amides is 1. The summed E-state index contributed by atoms with van der Waals surface area (Å²) in [6.45, 7) is 3.08. The third-order valence-corrected chi connectivity index (χ3v) is 3.70. The Hall–Kier alpha value is -3.48. The second kappa shape index (κ2) is 7.60. The molecule has 3 rings (SSSR count). The maximum atomic E-state index is 12.6. The first kappa shape index (κ1) is 17.3. The predicted molar refractivity (Wildman–Crippen MR) is 99.5 cm³/mol. The Morgan fingerprint density at radius 3 is 2.54 bits per heavy atom. The number of fused-ring (bicyclic) bond motifs is 1. The van der Waals surface area contributed by atoms with Crippen molar-refractivity contribution in [1.82, 2.24) is 9.66 Å². The molecule has 0 fully saturated rings. The summed E-state index contributed by atoms with van der Waals surface area (Å²) in [5.41, 5.74) is 4.26. The van der Waals surface area contributed by atoms with Gasteiger partial charge >= 0.3 is 0 Å². The van der Waals surface area contributed by atoms with Crippen LogP contribution in [0.15, 0.2) is 64.5 Å². The van der Waals surface area contributed by atoms with Crippen LogP contribution in [0.2, 0.25) is 0 Å². The number of carbonyl (C=O) groups is 1. The first-order chi connectivity index (χ1) is 12.6. The van der Waals surface area contributed by atoms with E-state index in [0.717, 1.165) is 10.2 Å². The van der Waals surface area contributed by atoms with Gasteiger partial charge in [0.05, 0.1) is 16.6 Å². The SMILES string of the molecule is CC(=O)Nn1c(CO/N=C(/C)c2ccccc2)nc2ccccc2c1=O. The van der Waals surface area contributed by atoms with Crippen LogP contribution in [0.5, 0.6) is 0 Å². The van der Waals surface area contributed by atoms with Crippen LogP contribution < -0.4 is 11.0 Å². The second-order valence-corrected chi connectivity index (χ2v) is 5.67. The summed E-state index contributed by atoms with van der Waals surface area (Å²) in [5.74, 6) is -0.122. The van der Waals surface area contributed by atoms with E-state index in [0.29, 0.717) is 16.6 Å². The highest BCUT2D eigenvalue weighted by Gasteiger charge is 2.12. The predicted octanol–water partition coefficient (Wildman–Crippen LogP) is 2.43. The van der Waals surface area contributed by atoms with Gasteiger partial charge in [0.2, 0.25) is 5.91 Å². The summed E-state index contributed by atoms with van der Waals surface area (Å²) in [7, 11) is 0. The molecular formula is C19H18N4O3. The van der Waals surface area contributed by atoms with Crippen LogP contribution in [0.3, 0.4) is 0 Å². The molecule has 1 aromatic heterocycles. The molecule has 7 heteroatoms. The van der Waals surface area contributed by atoms with Crippen LogP contribution in [0.1, 0.15) is 25.2 Å². The third-order valence-electron chi connectivity index (χ3n) is 3.70. The monoisotopic (exact) mass is 350 g/mol. The molecule has 0 aliphatic carbocycles. The number of nitrogens with one attached hydrogen (secondary N) is 1. The summed E-state index contributed by atoms with van der Waals surface area (Å²) in [6.07, 6.45) is 0. The highest BCUT2D eigenvalue weighted by atomic mass is 16.6. The van der Waals surface area contributed by atoms with Crippen molar-refractivity contribution in [2.24, 2.45) is 5.16 Å². The Bertz CT molecular complexity index is 1030. The lowest BCUT2D eigenvalue weighted by Gasteiger charge is -2.12. The maximum absolute atomic E-state index is 12.6. The Balaban J connectivity index is 1.91. The Morgan fingerprint density at radius 2 is 1.81 bits per heavy atom. The third kappa shape index (κ3) is 3.77. The highest BCUT2D eigenvalue weighted by Crippen LogP contribution is 2.09. The number of benzene rings is 2. The molecule has 0 aliphatic heterocycles. The van der Waals surface area contributed by atoms with E-state index < -0.39 is 0 Å². The lowest BCUT2D eigenvalue weighted by Crippen LogP contribution is -2.35. The summed E-state index contributed by atoms with van der Waals surface area (Å²) < 4.78 is 1.10. The number of nitrogens with zero attached hydrogens (tertiary/aromatic N) is 3. The van der Waals surface area contributed by atoms with Gasteiger partial charge in [0.25, 0.3) is 5.56 Å². The standard InChI is InChI=1S/C19H18N4O3/c1-13(15-8-4-3-5-9-15)22-26-12-18-20-17-11-7-6-10-16(17)19(25)23(18)21-14(2)24/h3-11H,12H2,1-2H3,(H,21,24)/b22-13-. The van der Waals surface area contributed by atoms with E-state index in [1.807, 2.05) is 37.3 Å². The van der Waals surface area contributed by atoms with Crippen molar-refractivity contribution < 1.29 is 9.63 Å². The van der Waals surface area contributed by atoms with Gasteiger partial charge in [-0.15, -0.1) is 0 Å². The largest absolute Gasteiger partial charge is 0.387 e. The van der Waals surface area contributed by atoms with Crippen LogP contribution in [0, 0.1) is 0 Å². The zero-order chi connectivity index (χ0) is 18.5. The van der Waals surface area contributed by atoms with Gasteiger partial charge in [-0.2, -0.15) is 4.68 Å². The molecule has 0 radical (unpaired) electrons. The van der Waals surface area contributed by atoms with Crippen molar-refractivity contribution in [3.63, 3.8) is 0 Å². The van der Waals surface area contributed by atoms with Gasteiger partial charge in [-0.3, -0.25) is 15.0 Å². The van der Waals surface area contributed by atoms with E-state index >= 15 is 0 Å². The van der Waals surface area contributed by atoms with Crippen LogP contribution >= 0.6 is 0 Å². The number of rotatable bonds is 5. The lowest BCUT2D eigenvalue weighted by molar-refractivity contribution is -0.115. The van der Waals surface area contributed by atoms with Crippen LogP contribution in [0.25, 0.3) is 10.9 Å². The Labute approximate surface area is 149 Å². The van der Waals surface area contributed by atoms with E-state index in [4.69, 9.17) is 4.84 Å². The van der Waals surface area contributed by atoms with E-state index in [1.165, 1.54) is 6.92 Å². The number of hydrogen-bond donors (Lipinski definition) is 1. The molecule has 0 saturated carbocycles. The highest BCUT2D eigenvalue weighted by molar-refractivity contribution is 5.98. The molecule has 7 nitrogen and oxygen atoms in total. The summed E-state index contributed by atoms with van der Waals surface area (Å²) in [5, 5.41) is 4.48. The minimum absolute atomic E-state index is 0.0650. The molecule has 0 saturated heterocycles. The van der Waals surface area contributed by atoms with Crippen molar-refractivity contribution in [3.05, 3.63) is 76.3 Å². The fourth-order valence-corrected chi connectivity index (χ4v) is 2.47. The number of oxime groups is 1. The van der Waals surface area contributed by atoms with Gasteiger partial charge in [-0.05, 0) is 24.6 Å². The van der Waals surface area contributed by atoms with E-state index in [-0.39, 0.29) is 23.9 Å². The molecule has 0 atom stereocenters. The molecule has 26 heavy (non-hydrogen) atoms. The maximum Gasteiger partial charge on any atom is 0.280 e. The molecule has 0 spiro atoms. The quantitative estimate of drug-likeness (QED) is 0.566. The first-order valence-electron chi connectivity index (χ1n) is 8.06. The fraction of sp³-hybridized carbons (Fsp3) is 0.158. The Morgan fingerprint density at radius 1 is 1.12 bits per heavy atom. The van der Waals surface area contributed by atoms with E-state index in [2.05, 4.69) is 15.6 Å². The normalized spacial score (nSPS) is 11.4. The van der Waals surface area contributed by atoms with E-state index in [1.54, 1.807) is 24.3 Å². The molecule has 0 aliphatic rings. The number of hydrogen-bond acceptors (Lipinski definition) is 5. The first-order valence-corrected chi connectivity index (χ1v) is 8.06. The summed E-state index contributed by atoms with van der Waals surface area (Å²) in [4.78, 5) is 33.9. The van der Waals surface area contributed by atoms with Crippen molar-refractivity contribution in [2.75, 3.05) is 5.43 Å². The minimum atomic E-state index is -0.380. The molecule has 2 aromatic carbocycles. The van der Waals surface area contributed by atoms with Gasteiger partial charge in [0, 0.05) is 6.92 Å². The minimum Gasteiger partial charge on any atom is -0.387 e. The van der Waals surface area contributed by atoms with Crippen LogP contribution in [-0.2, 0) is 16.2 Å². The topological polar surface area (TPSA) is 85.6 Å². The smallest absolute Gasteiger partial charge is 0.280 e. The zero-order valence-corrected chi connectivity index (χ0v) is 14.5. The number of para-hydroxylation sites is 1. The number of carbonyl (C=O) groups excluding carboxylic acids is 1. The molecule has 1 N–H and O–H groups in total. The summed E-state index contributed by atoms with van der Waals surface area (Å²) >= 11 is 0. The molecule has 0 bridgehead atoms. The molecule has 132 valence electrons. The average Bonchev–Trinajstić information content (AvgIpc) is 2.65. The molecule has 1 heterocycles. The van der Waals surface area contributed by atoms with Gasteiger partial charge in [-0.1, -0.05) is 47.6 Å². The van der Waals surface area contributed by atoms with E-state index in [9.17, 15) is 9.59 Å².